The Morgan fingerprint density at radius 1 is 1.04 bits per heavy atom. The summed E-state index contributed by atoms with van der Waals surface area (Å²) in [4.78, 5) is 28.9. The van der Waals surface area contributed by atoms with Crippen LogP contribution in [0.5, 0.6) is 0 Å². The lowest BCUT2D eigenvalue weighted by atomic mass is 10.1. The molecule has 0 heterocycles. The molecular weight excluding hydrogens is 316 g/mol. The Hall–Kier alpha value is -2.95. The molecule has 2 aromatic rings. The molecule has 0 aliphatic rings. The molecule has 0 saturated carbocycles. The number of nitrogens with zero attached hydrogens (tertiary/aromatic N) is 1. The molecule has 0 aromatic heterocycles. The highest BCUT2D eigenvalue weighted by Crippen LogP contribution is 2.08. The molecule has 0 aliphatic heterocycles. The van der Waals surface area contributed by atoms with Crippen LogP contribution in [0.15, 0.2) is 65.8 Å². The van der Waals surface area contributed by atoms with Gasteiger partial charge in [0.2, 0.25) is 5.91 Å². The molecule has 130 valence electrons. The highest BCUT2D eigenvalue weighted by molar-refractivity contribution is 6.00. The average Bonchev–Trinajstić information content (AvgIpc) is 2.63. The molecule has 1 amide bonds. The van der Waals surface area contributed by atoms with Crippen LogP contribution in [0.2, 0.25) is 0 Å². The van der Waals surface area contributed by atoms with E-state index in [2.05, 4.69) is 10.5 Å². The Morgan fingerprint density at radius 2 is 1.64 bits per heavy atom. The summed E-state index contributed by atoms with van der Waals surface area (Å²) in [6.45, 7) is 3.31. The molecule has 5 heteroatoms. The number of carbonyl (C=O) groups is 2. The topological polar surface area (TPSA) is 67.8 Å². The molecule has 0 bridgehead atoms. The first-order valence-corrected chi connectivity index (χ1v) is 8.24. The molecule has 1 atom stereocenters. The van der Waals surface area contributed by atoms with Crippen LogP contribution >= 0.6 is 0 Å². The molecule has 0 spiro atoms. The van der Waals surface area contributed by atoms with Crippen molar-refractivity contribution in [1.29, 1.82) is 0 Å². The fraction of sp³-hybridized carbons (Fsp3) is 0.250. The van der Waals surface area contributed by atoms with E-state index in [-0.39, 0.29) is 5.91 Å². The van der Waals surface area contributed by atoms with E-state index in [1.54, 1.807) is 0 Å². The number of nitrogens with one attached hydrogen (secondary N) is 1. The van der Waals surface area contributed by atoms with Gasteiger partial charge in [-0.05, 0) is 17.5 Å². The van der Waals surface area contributed by atoms with Crippen molar-refractivity contribution in [3.8, 4) is 0 Å². The van der Waals surface area contributed by atoms with Crippen molar-refractivity contribution in [3.63, 3.8) is 0 Å². The quantitative estimate of drug-likeness (QED) is 0.479. The minimum absolute atomic E-state index is 0.291. The Labute approximate surface area is 147 Å². The molecule has 0 unspecified atom stereocenters. The SMILES string of the molecule is CC/C(=N\OC(=O)[C@H](Cc1ccccc1)NC(C)=O)c1ccccc1. The minimum Gasteiger partial charge on any atom is -0.343 e. The predicted molar refractivity (Wildman–Crippen MR) is 97.1 cm³/mol. The fourth-order valence-corrected chi connectivity index (χ4v) is 2.40. The van der Waals surface area contributed by atoms with Crippen molar-refractivity contribution in [1.82, 2.24) is 5.32 Å². The predicted octanol–water partition coefficient (Wildman–Crippen LogP) is 3.09. The van der Waals surface area contributed by atoms with Crippen LogP contribution in [0, 0.1) is 0 Å². The molecule has 0 saturated heterocycles. The lowest BCUT2D eigenvalue weighted by Gasteiger charge is -2.15. The second-order valence-electron chi connectivity index (χ2n) is 5.61. The van der Waals surface area contributed by atoms with Crippen molar-refractivity contribution < 1.29 is 14.4 Å². The van der Waals surface area contributed by atoms with Gasteiger partial charge in [-0.2, -0.15) is 0 Å². The Bertz CT molecular complexity index is 727. The smallest absolute Gasteiger partial charge is 0.343 e. The van der Waals surface area contributed by atoms with Gasteiger partial charge < -0.3 is 10.2 Å². The van der Waals surface area contributed by atoms with Crippen LogP contribution in [0.4, 0.5) is 0 Å². The molecule has 0 radical (unpaired) electrons. The summed E-state index contributed by atoms with van der Waals surface area (Å²) in [6.07, 6.45) is 0.975. The van der Waals surface area contributed by atoms with Crippen molar-refractivity contribution in [2.24, 2.45) is 5.16 Å². The maximum atomic E-state index is 12.4. The van der Waals surface area contributed by atoms with Crippen molar-refractivity contribution >= 4 is 17.6 Å². The van der Waals surface area contributed by atoms with Gasteiger partial charge in [0.05, 0.1) is 5.71 Å². The summed E-state index contributed by atoms with van der Waals surface area (Å²) in [5, 5.41) is 6.62. The maximum absolute atomic E-state index is 12.4. The van der Waals surface area contributed by atoms with Crippen LogP contribution in [0.3, 0.4) is 0 Å². The Balaban J connectivity index is 2.10. The van der Waals surface area contributed by atoms with Crippen molar-refractivity contribution in [2.45, 2.75) is 32.7 Å². The van der Waals surface area contributed by atoms with Gasteiger partial charge in [0.25, 0.3) is 0 Å². The van der Waals surface area contributed by atoms with Crippen LogP contribution in [0.1, 0.15) is 31.4 Å². The lowest BCUT2D eigenvalue weighted by Crippen LogP contribution is -2.42. The molecule has 0 aliphatic carbocycles. The van der Waals surface area contributed by atoms with E-state index in [1.165, 1.54) is 6.92 Å². The molecular formula is C20H22N2O3. The first kappa shape index (κ1) is 18.4. The minimum atomic E-state index is -0.780. The van der Waals surface area contributed by atoms with Gasteiger partial charge in [-0.1, -0.05) is 72.7 Å². The number of rotatable bonds is 7. The first-order valence-electron chi connectivity index (χ1n) is 8.24. The normalized spacial score (nSPS) is 12.3. The summed E-state index contributed by atoms with van der Waals surface area (Å²) in [5.74, 6) is -0.874. The molecule has 25 heavy (non-hydrogen) atoms. The van der Waals surface area contributed by atoms with Gasteiger partial charge in [0.15, 0.2) is 0 Å². The number of hydrogen-bond donors (Lipinski definition) is 1. The molecule has 2 rings (SSSR count). The van der Waals surface area contributed by atoms with Gasteiger partial charge in [-0.25, -0.2) is 4.79 Å². The Kier molecular flexibility index (Phi) is 6.89. The zero-order chi connectivity index (χ0) is 18.1. The van der Waals surface area contributed by atoms with Gasteiger partial charge in [0.1, 0.15) is 6.04 Å². The average molecular weight is 338 g/mol. The third kappa shape index (κ3) is 5.88. The van der Waals surface area contributed by atoms with Crippen molar-refractivity contribution in [3.05, 3.63) is 71.8 Å². The van der Waals surface area contributed by atoms with Gasteiger partial charge in [0, 0.05) is 13.3 Å². The third-order valence-corrected chi connectivity index (χ3v) is 3.63. The standard InChI is InChI=1S/C20H22N2O3/c1-3-18(17-12-8-5-9-13-17)22-25-20(24)19(21-15(2)23)14-16-10-6-4-7-11-16/h4-13,19H,3,14H2,1-2H3,(H,21,23)/b22-18+/t19-/m0/s1. The zero-order valence-corrected chi connectivity index (χ0v) is 14.4. The fourth-order valence-electron chi connectivity index (χ4n) is 2.40. The molecule has 5 nitrogen and oxygen atoms in total. The van der Waals surface area contributed by atoms with Crippen LogP contribution in [-0.2, 0) is 20.8 Å². The van der Waals surface area contributed by atoms with E-state index in [9.17, 15) is 9.59 Å². The highest BCUT2D eigenvalue weighted by Gasteiger charge is 2.22. The van der Waals surface area contributed by atoms with Gasteiger partial charge in [-0.15, -0.1) is 0 Å². The number of hydrogen-bond acceptors (Lipinski definition) is 4. The van der Waals surface area contributed by atoms with E-state index in [0.29, 0.717) is 18.6 Å². The van der Waals surface area contributed by atoms with E-state index < -0.39 is 12.0 Å². The third-order valence-electron chi connectivity index (χ3n) is 3.63. The van der Waals surface area contributed by atoms with Gasteiger partial charge in [-0.3, -0.25) is 4.79 Å². The van der Waals surface area contributed by atoms with E-state index in [4.69, 9.17) is 4.84 Å². The van der Waals surface area contributed by atoms with Gasteiger partial charge >= 0.3 is 5.97 Å². The summed E-state index contributed by atoms with van der Waals surface area (Å²) < 4.78 is 0. The van der Waals surface area contributed by atoms with E-state index >= 15 is 0 Å². The summed E-state index contributed by atoms with van der Waals surface area (Å²) in [6, 6.07) is 18.2. The molecule has 2 aromatic carbocycles. The lowest BCUT2D eigenvalue weighted by molar-refractivity contribution is -0.147. The molecule has 0 fully saturated rings. The first-order chi connectivity index (χ1) is 12.1. The summed E-state index contributed by atoms with van der Waals surface area (Å²) in [5.41, 5.74) is 2.51. The number of oxime groups is 1. The van der Waals surface area contributed by atoms with E-state index in [0.717, 1.165) is 11.1 Å². The number of carbonyl (C=O) groups excluding carboxylic acids is 2. The van der Waals surface area contributed by atoms with Crippen molar-refractivity contribution in [2.75, 3.05) is 0 Å². The highest BCUT2D eigenvalue weighted by atomic mass is 16.7. The van der Waals surface area contributed by atoms with Crippen LogP contribution in [0.25, 0.3) is 0 Å². The maximum Gasteiger partial charge on any atom is 0.357 e. The largest absolute Gasteiger partial charge is 0.357 e. The second kappa shape index (κ2) is 9.37. The van der Waals surface area contributed by atoms with Crippen LogP contribution < -0.4 is 5.32 Å². The number of benzene rings is 2. The summed E-state index contributed by atoms with van der Waals surface area (Å²) >= 11 is 0. The monoisotopic (exact) mass is 338 g/mol. The second-order valence-corrected chi connectivity index (χ2v) is 5.61. The summed E-state index contributed by atoms with van der Waals surface area (Å²) in [7, 11) is 0. The molecule has 1 N–H and O–H groups in total. The Morgan fingerprint density at radius 3 is 2.20 bits per heavy atom. The van der Waals surface area contributed by atoms with E-state index in [1.807, 2.05) is 67.6 Å². The van der Waals surface area contributed by atoms with Crippen LogP contribution in [-0.4, -0.2) is 23.6 Å². The zero-order valence-electron chi connectivity index (χ0n) is 14.4. The number of amides is 1.